The summed E-state index contributed by atoms with van der Waals surface area (Å²) in [5.41, 5.74) is 1.82. The number of rotatable bonds is 12. The maximum atomic E-state index is 14.2. The first-order valence-corrected chi connectivity index (χ1v) is 16.4. The third-order valence-corrected chi connectivity index (χ3v) is 9.92. The fourth-order valence-corrected chi connectivity index (χ4v) is 7.01. The number of hydrogen-bond donors (Lipinski definition) is 1. The van der Waals surface area contributed by atoms with E-state index in [2.05, 4.69) is 21.2 Å². The van der Waals surface area contributed by atoms with Crippen LogP contribution in [-0.2, 0) is 26.2 Å². The second kappa shape index (κ2) is 14.3. The van der Waals surface area contributed by atoms with Crippen molar-refractivity contribution in [1.29, 1.82) is 0 Å². The lowest BCUT2D eigenvalue weighted by Crippen LogP contribution is -2.52. The highest BCUT2D eigenvalue weighted by molar-refractivity contribution is 9.10. The lowest BCUT2D eigenvalue weighted by molar-refractivity contribution is -0.139. The van der Waals surface area contributed by atoms with Gasteiger partial charge in [-0.1, -0.05) is 58.6 Å². The van der Waals surface area contributed by atoms with E-state index in [0.717, 1.165) is 45.6 Å². The molecular formula is C32H38BrN3O6S. The standard InChI is InChI=1S/C32H38BrN3O6S/c1-22-12-15-28(16-13-22)43(39,40)36(29-19-27(41-3)14-17-30(29)42-4)21-31(37)35(20-24-8-7-9-25(33)18-24)23(2)32(38)34-26-10-5-6-11-26/h7-9,12-19,23,26H,5-6,10-11,20-21H2,1-4H3,(H,34,38)/t23-/m0/s1. The van der Waals surface area contributed by atoms with Crippen LogP contribution >= 0.6 is 15.9 Å². The first kappa shape index (κ1) is 32.3. The molecule has 1 aliphatic carbocycles. The number of nitrogens with one attached hydrogen (secondary N) is 1. The van der Waals surface area contributed by atoms with Gasteiger partial charge in [-0.05, 0) is 68.7 Å². The molecule has 1 fully saturated rings. The van der Waals surface area contributed by atoms with Crippen molar-refractivity contribution in [2.75, 3.05) is 25.1 Å². The molecule has 0 bridgehead atoms. The van der Waals surface area contributed by atoms with Crippen LogP contribution in [0, 0.1) is 6.92 Å². The van der Waals surface area contributed by atoms with Crippen molar-refractivity contribution in [1.82, 2.24) is 10.2 Å². The van der Waals surface area contributed by atoms with Crippen LogP contribution in [-0.4, -0.2) is 58.0 Å². The summed E-state index contributed by atoms with van der Waals surface area (Å²) in [7, 11) is -1.36. The van der Waals surface area contributed by atoms with Gasteiger partial charge in [0, 0.05) is 23.1 Å². The molecule has 1 atom stereocenters. The van der Waals surface area contributed by atoms with Gasteiger partial charge in [-0.3, -0.25) is 13.9 Å². The Labute approximate surface area is 262 Å². The number of carbonyl (C=O) groups is 2. The average Bonchev–Trinajstić information content (AvgIpc) is 3.51. The maximum Gasteiger partial charge on any atom is 0.264 e. The maximum absolute atomic E-state index is 14.2. The van der Waals surface area contributed by atoms with Gasteiger partial charge in [0.1, 0.15) is 24.1 Å². The molecule has 230 valence electrons. The molecule has 2 amide bonds. The quantitative estimate of drug-likeness (QED) is 0.275. The molecule has 0 unspecified atom stereocenters. The monoisotopic (exact) mass is 671 g/mol. The number of benzene rings is 3. The molecule has 4 rings (SSSR count). The van der Waals surface area contributed by atoms with Crippen LogP contribution in [0.3, 0.4) is 0 Å². The van der Waals surface area contributed by atoms with Crippen molar-refractivity contribution in [2.24, 2.45) is 0 Å². The van der Waals surface area contributed by atoms with Crippen molar-refractivity contribution >= 4 is 43.5 Å². The zero-order chi connectivity index (χ0) is 31.1. The molecule has 1 N–H and O–H groups in total. The fraction of sp³-hybridized carbons (Fsp3) is 0.375. The van der Waals surface area contributed by atoms with E-state index in [-0.39, 0.29) is 34.8 Å². The molecule has 1 saturated carbocycles. The SMILES string of the molecule is COc1ccc(OC)c(N(CC(=O)N(Cc2cccc(Br)c2)[C@@H](C)C(=O)NC2CCCC2)S(=O)(=O)c2ccc(C)cc2)c1. The van der Waals surface area contributed by atoms with Gasteiger partial charge in [0.2, 0.25) is 11.8 Å². The van der Waals surface area contributed by atoms with E-state index in [1.54, 1.807) is 31.2 Å². The number of ether oxygens (including phenoxy) is 2. The van der Waals surface area contributed by atoms with E-state index in [4.69, 9.17) is 9.47 Å². The third kappa shape index (κ3) is 7.88. The Morgan fingerprint density at radius 2 is 1.70 bits per heavy atom. The summed E-state index contributed by atoms with van der Waals surface area (Å²) in [5, 5.41) is 3.08. The minimum Gasteiger partial charge on any atom is -0.497 e. The molecule has 11 heteroatoms. The number of halogens is 1. The van der Waals surface area contributed by atoms with Crippen LogP contribution in [0.15, 0.2) is 76.1 Å². The molecule has 3 aromatic rings. The van der Waals surface area contributed by atoms with Gasteiger partial charge in [-0.25, -0.2) is 8.42 Å². The molecule has 0 radical (unpaired) electrons. The zero-order valence-corrected chi connectivity index (χ0v) is 27.3. The van der Waals surface area contributed by atoms with Gasteiger partial charge in [0.15, 0.2) is 0 Å². The summed E-state index contributed by atoms with van der Waals surface area (Å²) in [6.45, 7) is 3.06. The molecular weight excluding hydrogens is 634 g/mol. The summed E-state index contributed by atoms with van der Waals surface area (Å²) in [6.07, 6.45) is 3.90. The molecule has 3 aromatic carbocycles. The molecule has 0 spiro atoms. The molecule has 1 aliphatic rings. The van der Waals surface area contributed by atoms with Gasteiger partial charge >= 0.3 is 0 Å². The Balaban J connectivity index is 1.76. The Morgan fingerprint density at radius 1 is 1.00 bits per heavy atom. The summed E-state index contributed by atoms with van der Waals surface area (Å²) in [5.74, 6) is -0.186. The van der Waals surface area contributed by atoms with Gasteiger partial charge in [-0.15, -0.1) is 0 Å². The summed E-state index contributed by atoms with van der Waals surface area (Å²) >= 11 is 3.47. The van der Waals surface area contributed by atoms with E-state index in [1.165, 1.54) is 37.3 Å². The zero-order valence-electron chi connectivity index (χ0n) is 24.9. The van der Waals surface area contributed by atoms with Crippen LogP contribution in [0.2, 0.25) is 0 Å². The number of methoxy groups -OCH3 is 2. The predicted octanol–water partition coefficient (Wildman–Crippen LogP) is 5.45. The number of sulfonamides is 1. The van der Waals surface area contributed by atoms with Crippen molar-refractivity contribution in [3.63, 3.8) is 0 Å². The van der Waals surface area contributed by atoms with E-state index in [0.29, 0.717) is 5.75 Å². The van der Waals surface area contributed by atoms with E-state index < -0.39 is 28.5 Å². The van der Waals surface area contributed by atoms with E-state index in [9.17, 15) is 18.0 Å². The first-order chi connectivity index (χ1) is 20.5. The molecule has 0 heterocycles. The smallest absolute Gasteiger partial charge is 0.264 e. The Kier molecular flexibility index (Phi) is 10.7. The second-order valence-electron chi connectivity index (χ2n) is 10.7. The van der Waals surface area contributed by atoms with Gasteiger partial charge in [0.05, 0.1) is 24.8 Å². The highest BCUT2D eigenvalue weighted by Crippen LogP contribution is 2.36. The lowest BCUT2D eigenvalue weighted by Gasteiger charge is -2.33. The second-order valence-corrected chi connectivity index (χ2v) is 13.5. The van der Waals surface area contributed by atoms with Gasteiger partial charge in [-0.2, -0.15) is 0 Å². The highest BCUT2D eigenvalue weighted by Gasteiger charge is 2.34. The van der Waals surface area contributed by atoms with E-state index in [1.807, 2.05) is 31.2 Å². The topological polar surface area (TPSA) is 105 Å². The van der Waals surface area contributed by atoms with Gasteiger partial charge < -0.3 is 19.7 Å². The fourth-order valence-electron chi connectivity index (χ4n) is 5.15. The summed E-state index contributed by atoms with van der Waals surface area (Å²) in [6, 6.07) is 17.8. The largest absolute Gasteiger partial charge is 0.497 e. The molecule has 0 saturated heterocycles. The molecule has 0 aromatic heterocycles. The predicted molar refractivity (Wildman–Crippen MR) is 170 cm³/mol. The average molecular weight is 673 g/mol. The van der Waals surface area contributed by atoms with Crippen LogP contribution in [0.5, 0.6) is 11.5 Å². The van der Waals surface area contributed by atoms with E-state index >= 15 is 0 Å². The first-order valence-electron chi connectivity index (χ1n) is 14.2. The van der Waals surface area contributed by atoms with Crippen LogP contribution in [0.4, 0.5) is 5.69 Å². The minimum absolute atomic E-state index is 0.0151. The highest BCUT2D eigenvalue weighted by atomic mass is 79.9. The molecule has 9 nitrogen and oxygen atoms in total. The van der Waals surface area contributed by atoms with Crippen LogP contribution in [0.25, 0.3) is 0 Å². The summed E-state index contributed by atoms with van der Waals surface area (Å²) < 4.78 is 41.1. The number of aryl methyl sites for hydroxylation is 1. The Bertz CT molecular complexity index is 1540. The Morgan fingerprint density at radius 3 is 2.33 bits per heavy atom. The third-order valence-electron chi connectivity index (χ3n) is 7.65. The van der Waals surface area contributed by atoms with Crippen molar-refractivity contribution < 1.29 is 27.5 Å². The molecule has 0 aliphatic heterocycles. The lowest BCUT2D eigenvalue weighted by atomic mass is 10.1. The number of nitrogens with zero attached hydrogens (tertiary/aromatic N) is 2. The number of carbonyl (C=O) groups excluding carboxylic acids is 2. The number of amides is 2. The van der Waals surface area contributed by atoms with Crippen molar-refractivity contribution in [2.45, 2.75) is 63.1 Å². The number of anilines is 1. The summed E-state index contributed by atoms with van der Waals surface area (Å²) in [4.78, 5) is 29.1. The molecule has 43 heavy (non-hydrogen) atoms. The Hall–Kier alpha value is -3.57. The van der Waals surface area contributed by atoms with Crippen LogP contribution in [0.1, 0.15) is 43.7 Å². The van der Waals surface area contributed by atoms with Crippen molar-refractivity contribution in [3.05, 3.63) is 82.3 Å². The van der Waals surface area contributed by atoms with Gasteiger partial charge in [0.25, 0.3) is 10.0 Å². The number of hydrogen-bond acceptors (Lipinski definition) is 6. The normalized spacial score (nSPS) is 14.2. The van der Waals surface area contributed by atoms with Crippen molar-refractivity contribution in [3.8, 4) is 11.5 Å². The van der Waals surface area contributed by atoms with Crippen LogP contribution < -0.4 is 19.1 Å². The minimum atomic E-state index is -4.26.